The molecular weight excluding hydrogens is 258 g/mol. The Morgan fingerprint density at radius 1 is 1.05 bits per heavy atom. The Kier molecular flexibility index (Phi) is 3.04. The minimum Gasteiger partial charge on any atom is -0.311 e. The van der Waals surface area contributed by atoms with Crippen molar-refractivity contribution in [2.45, 2.75) is 49.9 Å². The van der Waals surface area contributed by atoms with E-state index in [1.807, 2.05) is 0 Å². The molecule has 1 aromatic rings. The van der Waals surface area contributed by atoms with Crippen LogP contribution in [0.3, 0.4) is 0 Å². The first-order chi connectivity index (χ1) is 8.93. The van der Waals surface area contributed by atoms with E-state index in [-0.39, 0.29) is 5.92 Å². The van der Waals surface area contributed by atoms with Crippen molar-refractivity contribution in [3.05, 3.63) is 35.1 Å². The van der Waals surface area contributed by atoms with Gasteiger partial charge in [0, 0.05) is 12.1 Å². The van der Waals surface area contributed by atoms with Gasteiger partial charge in [-0.1, -0.05) is 6.07 Å². The molecule has 0 spiro atoms. The van der Waals surface area contributed by atoms with Crippen LogP contribution in [0.5, 0.6) is 0 Å². The molecule has 5 heteroatoms. The first-order valence-electron chi connectivity index (χ1n) is 6.56. The molecule has 2 aliphatic rings. The molecule has 2 aliphatic heterocycles. The van der Waals surface area contributed by atoms with Crippen molar-refractivity contribution in [1.29, 1.82) is 0 Å². The second-order valence-electron chi connectivity index (χ2n) is 5.54. The molecule has 104 valence electrons. The van der Waals surface area contributed by atoms with E-state index >= 15 is 0 Å². The van der Waals surface area contributed by atoms with Crippen LogP contribution in [-0.2, 0) is 6.18 Å². The number of fused-ring (bicyclic) bond motifs is 2. The fraction of sp³-hybridized carbons (Fsp3) is 0.571. The monoisotopic (exact) mass is 273 g/mol. The second kappa shape index (κ2) is 4.47. The van der Waals surface area contributed by atoms with E-state index in [1.54, 1.807) is 0 Å². The van der Waals surface area contributed by atoms with Gasteiger partial charge in [-0.3, -0.25) is 0 Å². The lowest BCUT2D eigenvalue weighted by molar-refractivity contribution is -0.137. The largest absolute Gasteiger partial charge is 0.416 e. The van der Waals surface area contributed by atoms with Crippen molar-refractivity contribution in [2.24, 2.45) is 0 Å². The summed E-state index contributed by atoms with van der Waals surface area (Å²) in [5.41, 5.74) is -0.475. The number of hydrogen-bond acceptors (Lipinski definition) is 1. The van der Waals surface area contributed by atoms with Crippen molar-refractivity contribution in [2.75, 3.05) is 0 Å². The lowest BCUT2D eigenvalue weighted by atomic mass is 9.85. The Morgan fingerprint density at radius 2 is 1.68 bits per heavy atom. The van der Waals surface area contributed by atoms with Gasteiger partial charge in [0.15, 0.2) is 0 Å². The van der Waals surface area contributed by atoms with E-state index in [0.29, 0.717) is 23.7 Å². The van der Waals surface area contributed by atoms with E-state index in [0.717, 1.165) is 31.7 Å². The van der Waals surface area contributed by atoms with Crippen molar-refractivity contribution in [1.82, 2.24) is 5.32 Å². The van der Waals surface area contributed by atoms with Gasteiger partial charge in [-0.15, -0.1) is 0 Å². The summed E-state index contributed by atoms with van der Waals surface area (Å²) in [6, 6.07) is 3.71. The van der Waals surface area contributed by atoms with Crippen molar-refractivity contribution >= 4 is 0 Å². The zero-order valence-corrected chi connectivity index (χ0v) is 10.3. The summed E-state index contributed by atoms with van der Waals surface area (Å²) in [6.45, 7) is 0. The molecule has 1 unspecified atom stereocenters. The van der Waals surface area contributed by atoms with Crippen LogP contribution >= 0.6 is 0 Å². The molecule has 3 rings (SSSR count). The van der Waals surface area contributed by atoms with Gasteiger partial charge < -0.3 is 5.32 Å². The summed E-state index contributed by atoms with van der Waals surface area (Å²) in [5.74, 6) is -0.679. The van der Waals surface area contributed by atoms with Gasteiger partial charge in [0.1, 0.15) is 5.82 Å². The maximum Gasteiger partial charge on any atom is 0.416 e. The van der Waals surface area contributed by atoms with Crippen molar-refractivity contribution in [3.63, 3.8) is 0 Å². The van der Waals surface area contributed by atoms with Crippen LogP contribution in [0.15, 0.2) is 18.2 Å². The average Bonchev–Trinajstić information content (AvgIpc) is 2.67. The predicted molar refractivity (Wildman–Crippen MR) is 63.3 cm³/mol. The third-order valence-corrected chi connectivity index (χ3v) is 4.24. The van der Waals surface area contributed by atoms with Crippen LogP contribution in [-0.4, -0.2) is 12.1 Å². The molecule has 1 N–H and O–H groups in total. The summed E-state index contributed by atoms with van der Waals surface area (Å²) in [5, 5.41) is 3.44. The highest BCUT2D eigenvalue weighted by Crippen LogP contribution is 2.39. The molecule has 0 aliphatic carbocycles. The molecule has 0 radical (unpaired) electrons. The van der Waals surface area contributed by atoms with Crippen LogP contribution in [0.4, 0.5) is 17.6 Å². The summed E-state index contributed by atoms with van der Waals surface area (Å²) < 4.78 is 51.4. The van der Waals surface area contributed by atoms with Crippen molar-refractivity contribution < 1.29 is 17.6 Å². The summed E-state index contributed by atoms with van der Waals surface area (Å²) >= 11 is 0. The van der Waals surface area contributed by atoms with E-state index in [1.165, 1.54) is 6.07 Å². The Bertz CT molecular complexity index is 471. The lowest BCUT2D eigenvalue weighted by Gasteiger charge is -2.29. The molecule has 1 nitrogen and oxygen atoms in total. The number of piperidine rings is 1. The topological polar surface area (TPSA) is 12.0 Å². The number of alkyl halides is 3. The lowest BCUT2D eigenvalue weighted by Crippen LogP contribution is -2.37. The van der Waals surface area contributed by atoms with Gasteiger partial charge >= 0.3 is 6.18 Å². The van der Waals surface area contributed by atoms with Crippen LogP contribution < -0.4 is 5.32 Å². The number of hydrogen-bond donors (Lipinski definition) is 1. The third-order valence-electron chi connectivity index (χ3n) is 4.24. The molecule has 2 bridgehead atoms. The Morgan fingerprint density at radius 3 is 2.21 bits per heavy atom. The normalized spacial score (nSPS) is 30.6. The summed E-state index contributed by atoms with van der Waals surface area (Å²) in [6.07, 6.45) is -0.670. The summed E-state index contributed by atoms with van der Waals surface area (Å²) in [4.78, 5) is 0. The highest BCUT2D eigenvalue weighted by molar-refractivity contribution is 5.30. The molecule has 0 saturated carbocycles. The van der Waals surface area contributed by atoms with E-state index < -0.39 is 17.6 Å². The highest BCUT2D eigenvalue weighted by atomic mass is 19.4. The van der Waals surface area contributed by atoms with Gasteiger partial charge in [-0.25, -0.2) is 4.39 Å². The zero-order chi connectivity index (χ0) is 13.6. The first-order valence-corrected chi connectivity index (χ1v) is 6.56. The third kappa shape index (κ3) is 2.48. The molecule has 19 heavy (non-hydrogen) atoms. The first kappa shape index (κ1) is 12.9. The minimum absolute atomic E-state index is 0.0426. The van der Waals surface area contributed by atoms with Crippen LogP contribution in [0.1, 0.15) is 42.7 Å². The fourth-order valence-corrected chi connectivity index (χ4v) is 3.35. The van der Waals surface area contributed by atoms with E-state index in [4.69, 9.17) is 0 Å². The maximum absolute atomic E-state index is 13.9. The molecule has 1 aromatic carbocycles. The smallest absolute Gasteiger partial charge is 0.311 e. The van der Waals surface area contributed by atoms with Crippen LogP contribution in [0.2, 0.25) is 0 Å². The Labute approximate surface area is 109 Å². The SMILES string of the molecule is Fc1cc(C(F)(F)F)ccc1C1C[C@H]2CC[C@@H](C1)N2. The number of benzene rings is 1. The minimum atomic E-state index is -4.48. The van der Waals surface area contributed by atoms with Gasteiger partial charge in [0.25, 0.3) is 0 Å². The quantitative estimate of drug-likeness (QED) is 0.766. The predicted octanol–water partition coefficient (Wildman–Crippen LogP) is 3.84. The van der Waals surface area contributed by atoms with Crippen LogP contribution in [0.25, 0.3) is 0 Å². The van der Waals surface area contributed by atoms with Gasteiger partial charge in [0.05, 0.1) is 5.56 Å². The fourth-order valence-electron chi connectivity index (χ4n) is 3.35. The van der Waals surface area contributed by atoms with Gasteiger partial charge in [0.2, 0.25) is 0 Å². The molecule has 0 aromatic heterocycles. The Balaban J connectivity index is 1.85. The molecule has 3 atom stereocenters. The van der Waals surface area contributed by atoms with Crippen molar-refractivity contribution in [3.8, 4) is 0 Å². The second-order valence-corrected chi connectivity index (χ2v) is 5.54. The van der Waals surface area contributed by atoms with Gasteiger partial charge in [-0.05, 0) is 49.3 Å². The zero-order valence-electron chi connectivity index (χ0n) is 10.3. The van der Waals surface area contributed by atoms with Crippen LogP contribution in [0, 0.1) is 5.82 Å². The van der Waals surface area contributed by atoms with Gasteiger partial charge in [-0.2, -0.15) is 13.2 Å². The highest BCUT2D eigenvalue weighted by Gasteiger charge is 2.36. The number of nitrogens with one attached hydrogen (secondary N) is 1. The molecule has 0 amide bonds. The van der Waals surface area contributed by atoms with E-state index in [2.05, 4.69) is 5.32 Å². The maximum atomic E-state index is 13.9. The summed E-state index contributed by atoms with van der Waals surface area (Å²) in [7, 11) is 0. The standard InChI is InChI=1S/C14H15F4N/c15-13-7-9(14(16,17)18)1-4-12(13)8-5-10-2-3-11(6-8)19-10/h1,4,7-8,10-11,19H,2-3,5-6H2/t8?,10-,11+. The molecule has 2 heterocycles. The average molecular weight is 273 g/mol. The molecular formula is C14H15F4N. The molecule has 2 saturated heterocycles. The molecule has 2 fully saturated rings. The number of halogens is 4. The number of rotatable bonds is 1. The Hall–Kier alpha value is -1.10. The van der Waals surface area contributed by atoms with E-state index in [9.17, 15) is 17.6 Å².